The molecule has 0 aliphatic carbocycles. The highest BCUT2D eigenvalue weighted by atomic mass is 127. The maximum Gasteiger partial charge on any atom is 0.327 e. The molecule has 246 valence electrons. The Balaban J connectivity index is 2.19. The number of nitrogens with two attached hydrogens (primary N) is 1. The molecule has 0 spiro atoms. The standard InChI is InChI=1S/C26H38I2N6O10/c27-17-9-16(10-18(28)24(17)41)11-19(29)25(42)30-20(26(43)44)12-31-1-3-32(13-21(35)36)5-7-34(15-23(39)40)8-6-33(4-2-31)14-22(37)38/h9-10,19-20,41H,1-8,11-15,29H2,(H,30,42)(H,35,36)(H,37,38)(H,39,40)(H,43,44). The van der Waals surface area contributed by atoms with Crippen molar-refractivity contribution in [2.24, 2.45) is 5.73 Å². The number of carboxylic acid groups (broad SMARTS) is 4. The van der Waals surface area contributed by atoms with Gasteiger partial charge in [-0.15, -0.1) is 0 Å². The lowest BCUT2D eigenvalue weighted by atomic mass is 10.1. The van der Waals surface area contributed by atoms with Gasteiger partial charge in [0.2, 0.25) is 5.91 Å². The zero-order chi connectivity index (χ0) is 33.0. The monoisotopic (exact) mass is 848 g/mol. The molecule has 44 heavy (non-hydrogen) atoms. The number of carbonyl (C=O) groups excluding carboxylic acids is 1. The first-order valence-corrected chi connectivity index (χ1v) is 15.8. The summed E-state index contributed by atoms with van der Waals surface area (Å²) in [5, 5.41) is 50.5. The van der Waals surface area contributed by atoms with Crippen LogP contribution in [0.3, 0.4) is 0 Å². The summed E-state index contributed by atoms with van der Waals surface area (Å²) >= 11 is 3.92. The highest BCUT2D eigenvalue weighted by Gasteiger charge is 2.27. The molecule has 1 amide bonds. The van der Waals surface area contributed by atoms with Crippen LogP contribution in [-0.2, 0) is 30.4 Å². The molecule has 1 aliphatic rings. The summed E-state index contributed by atoms with van der Waals surface area (Å²) in [6.07, 6.45) is 0.0986. The van der Waals surface area contributed by atoms with Crippen LogP contribution in [-0.4, -0.2) is 166 Å². The minimum Gasteiger partial charge on any atom is -0.506 e. The third-order valence-corrected chi connectivity index (χ3v) is 8.58. The van der Waals surface area contributed by atoms with Gasteiger partial charge in [0.05, 0.1) is 32.8 Å². The number of amides is 1. The van der Waals surface area contributed by atoms with E-state index in [0.717, 1.165) is 0 Å². The van der Waals surface area contributed by atoms with Crippen molar-refractivity contribution in [1.82, 2.24) is 24.9 Å². The average molecular weight is 848 g/mol. The van der Waals surface area contributed by atoms with Crippen LogP contribution in [0.5, 0.6) is 5.75 Å². The predicted molar refractivity (Wildman–Crippen MR) is 173 cm³/mol. The first-order valence-electron chi connectivity index (χ1n) is 13.6. The molecule has 0 bridgehead atoms. The van der Waals surface area contributed by atoms with E-state index in [4.69, 9.17) is 5.73 Å². The zero-order valence-corrected chi connectivity index (χ0v) is 28.2. The van der Waals surface area contributed by atoms with Crippen LogP contribution >= 0.6 is 45.2 Å². The number of hydrogen-bond acceptors (Lipinski definition) is 11. The number of aromatic hydroxyl groups is 1. The quantitative estimate of drug-likeness (QED) is 0.112. The van der Waals surface area contributed by atoms with E-state index in [1.54, 1.807) is 31.7 Å². The predicted octanol–water partition coefficient (Wildman–Crippen LogP) is -1.48. The Labute approximate surface area is 281 Å². The van der Waals surface area contributed by atoms with Crippen LogP contribution < -0.4 is 11.1 Å². The highest BCUT2D eigenvalue weighted by Crippen LogP contribution is 2.27. The van der Waals surface area contributed by atoms with Gasteiger partial charge in [0, 0.05) is 58.9 Å². The summed E-state index contributed by atoms with van der Waals surface area (Å²) in [7, 11) is 0. The molecule has 16 nitrogen and oxygen atoms in total. The Morgan fingerprint density at radius 1 is 0.727 bits per heavy atom. The molecule has 0 radical (unpaired) electrons. The van der Waals surface area contributed by atoms with Gasteiger partial charge >= 0.3 is 23.9 Å². The summed E-state index contributed by atoms with van der Waals surface area (Å²) in [5.74, 6) is -5.10. The first kappa shape index (κ1) is 37.8. The fraction of sp³-hybridized carbons (Fsp3) is 0.577. The molecule has 18 heteroatoms. The molecule has 1 aromatic carbocycles. The van der Waals surface area contributed by atoms with Gasteiger partial charge in [0.1, 0.15) is 11.8 Å². The number of phenolic OH excluding ortho intramolecular Hbond substituents is 1. The first-order chi connectivity index (χ1) is 20.6. The average Bonchev–Trinajstić information content (AvgIpc) is 2.91. The third kappa shape index (κ3) is 13.7. The van der Waals surface area contributed by atoms with E-state index in [1.807, 2.05) is 45.2 Å². The smallest absolute Gasteiger partial charge is 0.327 e. The molecule has 0 saturated carbocycles. The maximum atomic E-state index is 12.9. The molecular formula is C26H38I2N6O10. The van der Waals surface area contributed by atoms with Crippen LogP contribution in [0.4, 0.5) is 0 Å². The van der Waals surface area contributed by atoms with Crippen molar-refractivity contribution in [3.05, 3.63) is 24.8 Å². The summed E-state index contributed by atoms with van der Waals surface area (Å²) in [6.45, 7) is 0.602. The van der Waals surface area contributed by atoms with Gasteiger partial charge in [-0.3, -0.25) is 38.8 Å². The minimum absolute atomic E-state index is 0.0986. The van der Waals surface area contributed by atoms with Gasteiger partial charge in [0.25, 0.3) is 0 Å². The Kier molecular flexibility index (Phi) is 16.0. The highest BCUT2D eigenvalue weighted by molar-refractivity contribution is 14.1. The normalized spacial score (nSPS) is 18.0. The molecule has 1 heterocycles. The summed E-state index contributed by atoms with van der Waals surface area (Å²) in [6, 6.07) is 0.922. The lowest BCUT2D eigenvalue weighted by Crippen LogP contribution is -2.55. The van der Waals surface area contributed by atoms with Gasteiger partial charge < -0.3 is 36.6 Å². The Bertz CT molecular complexity index is 1140. The van der Waals surface area contributed by atoms with Crippen LogP contribution in [0.1, 0.15) is 5.56 Å². The van der Waals surface area contributed by atoms with E-state index in [9.17, 15) is 49.5 Å². The molecule has 1 saturated heterocycles. The fourth-order valence-electron chi connectivity index (χ4n) is 4.61. The largest absolute Gasteiger partial charge is 0.506 e. The number of carbonyl (C=O) groups is 5. The van der Waals surface area contributed by atoms with E-state index < -0.39 is 41.9 Å². The molecule has 1 fully saturated rings. The zero-order valence-electron chi connectivity index (χ0n) is 23.9. The SMILES string of the molecule is NC(Cc1cc(I)c(O)c(I)c1)C(=O)NC(CN1CCN(CC(=O)O)CCN(CC(=O)O)CCN(CC(=O)O)CC1)C(=O)O. The van der Waals surface area contributed by atoms with Crippen molar-refractivity contribution in [3.63, 3.8) is 0 Å². The van der Waals surface area contributed by atoms with E-state index in [1.165, 1.54) is 0 Å². The van der Waals surface area contributed by atoms with Gasteiger partial charge in [-0.2, -0.15) is 0 Å². The Hall–Kier alpha value is -2.37. The Morgan fingerprint density at radius 3 is 1.43 bits per heavy atom. The number of carboxylic acids is 4. The van der Waals surface area contributed by atoms with E-state index >= 15 is 0 Å². The molecule has 8 N–H and O–H groups in total. The number of benzene rings is 1. The van der Waals surface area contributed by atoms with Crippen molar-refractivity contribution < 1.29 is 49.5 Å². The van der Waals surface area contributed by atoms with E-state index in [2.05, 4.69) is 5.32 Å². The van der Waals surface area contributed by atoms with Crippen LogP contribution in [0.2, 0.25) is 0 Å². The van der Waals surface area contributed by atoms with Gasteiger partial charge in [-0.05, 0) is 69.3 Å². The topological polar surface area (TPSA) is 238 Å². The van der Waals surface area contributed by atoms with Gasteiger partial charge in [0.15, 0.2) is 0 Å². The molecule has 2 unspecified atom stereocenters. The van der Waals surface area contributed by atoms with Crippen LogP contribution in [0.25, 0.3) is 0 Å². The number of halogens is 2. The lowest BCUT2D eigenvalue weighted by molar-refractivity contribution is -0.142. The number of phenols is 1. The summed E-state index contributed by atoms with van der Waals surface area (Å²) in [5.41, 5.74) is 6.79. The maximum absolute atomic E-state index is 12.9. The third-order valence-electron chi connectivity index (χ3n) is 6.93. The number of rotatable bonds is 13. The Morgan fingerprint density at radius 2 is 1.09 bits per heavy atom. The molecule has 2 rings (SSSR count). The lowest BCUT2D eigenvalue weighted by Gasteiger charge is -2.34. The molecule has 1 aromatic rings. The van der Waals surface area contributed by atoms with Crippen molar-refractivity contribution in [2.75, 3.05) is 78.5 Å². The number of nitrogens with zero attached hydrogens (tertiary/aromatic N) is 4. The second-order valence-corrected chi connectivity index (χ2v) is 12.8. The molecule has 2 atom stereocenters. The summed E-state index contributed by atoms with van der Waals surface area (Å²) in [4.78, 5) is 66.0. The van der Waals surface area contributed by atoms with Crippen molar-refractivity contribution in [3.8, 4) is 5.75 Å². The molecule has 1 aliphatic heterocycles. The van der Waals surface area contributed by atoms with E-state index in [-0.39, 0.29) is 90.7 Å². The van der Waals surface area contributed by atoms with Gasteiger partial charge in [-0.25, -0.2) is 4.79 Å². The van der Waals surface area contributed by atoms with Crippen LogP contribution in [0.15, 0.2) is 12.1 Å². The minimum atomic E-state index is -1.37. The number of hydrogen-bond donors (Lipinski definition) is 7. The molecular weight excluding hydrogens is 810 g/mol. The van der Waals surface area contributed by atoms with Crippen molar-refractivity contribution in [1.29, 1.82) is 0 Å². The van der Waals surface area contributed by atoms with E-state index in [0.29, 0.717) is 12.7 Å². The molecule has 0 aromatic heterocycles. The number of aliphatic carboxylic acids is 4. The second-order valence-electron chi connectivity index (χ2n) is 10.4. The van der Waals surface area contributed by atoms with Crippen molar-refractivity contribution >= 4 is 75.0 Å². The summed E-state index contributed by atoms with van der Waals surface area (Å²) < 4.78 is 1.17. The van der Waals surface area contributed by atoms with Gasteiger partial charge in [-0.1, -0.05) is 0 Å². The van der Waals surface area contributed by atoms with Crippen molar-refractivity contribution in [2.45, 2.75) is 18.5 Å². The second kappa shape index (κ2) is 18.6. The van der Waals surface area contributed by atoms with Crippen LogP contribution in [0, 0.1) is 7.14 Å². The fourth-order valence-corrected chi connectivity index (χ4v) is 6.51. The number of nitrogens with one attached hydrogen (secondary N) is 1.